The Bertz CT molecular complexity index is 705. The van der Waals surface area contributed by atoms with Gasteiger partial charge in [0.05, 0.1) is 17.3 Å². The number of hydrogen-bond acceptors (Lipinski definition) is 2. The fourth-order valence-electron chi connectivity index (χ4n) is 3.59. The number of hydrogen-bond donors (Lipinski definition) is 1. The lowest BCUT2D eigenvalue weighted by Gasteiger charge is -2.21. The molecule has 1 aromatic carbocycles. The summed E-state index contributed by atoms with van der Waals surface area (Å²) in [5, 5.41) is 4.00. The zero-order valence-electron chi connectivity index (χ0n) is 14.2. The Hall–Kier alpha value is -1.49. The Morgan fingerprint density at radius 2 is 2.12 bits per heavy atom. The van der Waals surface area contributed by atoms with Crippen LogP contribution in [-0.4, -0.2) is 23.8 Å². The van der Waals surface area contributed by atoms with Crippen LogP contribution >= 0.6 is 15.9 Å². The number of benzene rings is 1. The van der Waals surface area contributed by atoms with Crippen molar-refractivity contribution in [2.24, 2.45) is 5.92 Å². The largest absolute Gasteiger partial charge is 0.414 e. The fourth-order valence-corrected chi connectivity index (χ4v) is 4.16. The zero-order valence-corrected chi connectivity index (χ0v) is 15.8. The van der Waals surface area contributed by atoms with Crippen molar-refractivity contribution >= 4 is 32.7 Å². The summed E-state index contributed by atoms with van der Waals surface area (Å²) in [5.74, 6) is 0.747. The number of amides is 1. The predicted octanol–water partition coefficient (Wildman–Crippen LogP) is 4.55. The van der Waals surface area contributed by atoms with E-state index in [4.69, 9.17) is 4.84 Å². The van der Waals surface area contributed by atoms with Gasteiger partial charge in [-0.2, -0.15) is 4.73 Å². The highest BCUT2D eigenvalue weighted by molar-refractivity contribution is 9.10. The Kier molecular flexibility index (Phi) is 5.82. The van der Waals surface area contributed by atoms with Crippen molar-refractivity contribution in [1.29, 1.82) is 0 Å². The highest BCUT2D eigenvalue weighted by Crippen LogP contribution is 2.29. The predicted molar refractivity (Wildman–Crippen MR) is 100 cm³/mol. The summed E-state index contributed by atoms with van der Waals surface area (Å²) < 4.78 is 2.60. The Balaban J connectivity index is 1.72. The first-order valence-corrected chi connectivity index (χ1v) is 9.71. The van der Waals surface area contributed by atoms with Crippen molar-refractivity contribution in [3.8, 4) is 0 Å². The van der Waals surface area contributed by atoms with E-state index in [0.29, 0.717) is 12.2 Å². The van der Waals surface area contributed by atoms with E-state index in [2.05, 4.69) is 21.2 Å². The van der Waals surface area contributed by atoms with Crippen LogP contribution in [0.1, 0.15) is 55.8 Å². The fraction of sp³-hybridized carbons (Fsp3) is 0.526. The molecule has 0 spiro atoms. The second-order valence-corrected chi connectivity index (χ2v) is 7.32. The lowest BCUT2D eigenvalue weighted by molar-refractivity contribution is 0.0946. The first-order valence-electron chi connectivity index (χ1n) is 8.91. The van der Waals surface area contributed by atoms with Gasteiger partial charge in [-0.05, 0) is 31.4 Å². The van der Waals surface area contributed by atoms with E-state index < -0.39 is 0 Å². The second kappa shape index (κ2) is 8.06. The quantitative estimate of drug-likeness (QED) is 0.783. The van der Waals surface area contributed by atoms with E-state index in [0.717, 1.165) is 34.3 Å². The molecule has 1 aliphatic carbocycles. The molecule has 130 valence electrons. The first-order chi connectivity index (χ1) is 11.7. The average Bonchev–Trinajstić information content (AvgIpc) is 2.96. The highest BCUT2D eigenvalue weighted by atomic mass is 79.9. The summed E-state index contributed by atoms with van der Waals surface area (Å²) in [6, 6.07) is 5.87. The third-order valence-corrected chi connectivity index (χ3v) is 5.48. The molecule has 0 bridgehead atoms. The van der Waals surface area contributed by atoms with Crippen molar-refractivity contribution in [3.63, 3.8) is 0 Å². The van der Waals surface area contributed by atoms with Crippen LogP contribution in [0.15, 0.2) is 28.9 Å². The molecule has 24 heavy (non-hydrogen) atoms. The number of rotatable bonds is 6. The van der Waals surface area contributed by atoms with Crippen LogP contribution < -0.4 is 10.2 Å². The number of nitrogens with one attached hydrogen (secondary N) is 1. The van der Waals surface area contributed by atoms with Gasteiger partial charge in [0.15, 0.2) is 0 Å². The first kappa shape index (κ1) is 17.3. The number of carbonyl (C=O) groups is 1. The molecule has 0 saturated heterocycles. The van der Waals surface area contributed by atoms with Crippen LogP contribution in [0.25, 0.3) is 10.9 Å². The molecular formula is C19H25BrN2O2. The number of nitrogens with zero attached hydrogens (tertiary/aromatic N) is 1. The molecule has 0 unspecified atom stereocenters. The van der Waals surface area contributed by atoms with E-state index in [9.17, 15) is 4.79 Å². The standard InChI is InChI=1S/C19H25BrN2O2/c1-2-24-22-13-15(18-16(20)9-6-10-17(18)22)19(23)21-12-11-14-7-4-3-5-8-14/h6,9-10,13-14H,2-5,7-8,11-12H2,1H3,(H,21,23). The maximum absolute atomic E-state index is 12.7. The second-order valence-electron chi connectivity index (χ2n) is 6.47. The zero-order chi connectivity index (χ0) is 16.9. The van der Waals surface area contributed by atoms with Gasteiger partial charge in [0, 0.05) is 16.4 Å². The molecule has 1 fully saturated rings. The molecule has 3 rings (SSSR count). The lowest BCUT2D eigenvalue weighted by Crippen LogP contribution is -2.26. The normalized spacial score (nSPS) is 15.6. The molecule has 1 N–H and O–H groups in total. The summed E-state index contributed by atoms with van der Waals surface area (Å²) in [4.78, 5) is 18.3. The molecule has 4 nitrogen and oxygen atoms in total. The van der Waals surface area contributed by atoms with E-state index >= 15 is 0 Å². The van der Waals surface area contributed by atoms with Gasteiger partial charge in [-0.3, -0.25) is 4.79 Å². The molecule has 1 amide bonds. The highest BCUT2D eigenvalue weighted by Gasteiger charge is 2.19. The molecule has 1 aromatic heterocycles. The molecular weight excluding hydrogens is 368 g/mol. The van der Waals surface area contributed by atoms with Crippen LogP contribution in [0.4, 0.5) is 0 Å². The van der Waals surface area contributed by atoms with Gasteiger partial charge in [-0.15, -0.1) is 0 Å². The number of halogens is 1. The van der Waals surface area contributed by atoms with Crippen LogP contribution in [-0.2, 0) is 0 Å². The summed E-state index contributed by atoms with van der Waals surface area (Å²) in [7, 11) is 0. The third-order valence-electron chi connectivity index (χ3n) is 4.82. The molecule has 5 heteroatoms. The van der Waals surface area contributed by atoms with Crippen LogP contribution in [0.2, 0.25) is 0 Å². The van der Waals surface area contributed by atoms with E-state index in [1.165, 1.54) is 32.1 Å². The molecule has 1 aliphatic rings. The summed E-state index contributed by atoms with van der Waals surface area (Å²) in [5.41, 5.74) is 1.57. The van der Waals surface area contributed by atoms with E-state index in [1.807, 2.05) is 25.1 Å². The van der Waals surface area contributed by atoms with E-state index in [1.54, 1.807) is 10.9 Å². The van der Waals surface area contributed by atoms with Crippen molar-refractivity contribution < 1.29 is 9.63 Å². The molecule has 1 heterocycles. The lowest BCUT2D eigenvalue weighted by atomic mass is 9.87. The molecule has 0 aliphatic heterocycles. The number of fused-ring (bicyclic) bond motifs is 1. The Morgan fingerprint density at radius 3 is 2.88 bits per heavy atom. The topological polar surface area (TPSA) is 43.3 Å². The molecule has 1 saturated carbocycles. The minimum atomic E-state index is -0.0267. The summed E-state index contributed by atoms with van der Waals surface area (Å²) in [6.07, 6.45) is 9.54. The van der Waals surface area contributed by atoms with Gasteiger partial charge in [0.25, 0.3) is 5.91 Å². The SMILES string of the molecule is CCOn1cc(C(=O)NCCC2CCCCC2)c2c(Br)cccc21. The van der Waals surface area contributed by atoms with Crippen molar-refractivity contribution in [2.45, 2.75) is 45.4 Å². The molecule has 0 radical (unpaired) electrons. The third kappa shape index (κ3) is 3.77. The van der Waals surface area contributed by atoms with Crippen molar-refractivity contribution in [1.82, 2.24) is 10.0 Å². The van der Waals surface area contributed by atoms with Gasteiger partial charge in [-0.25, -0.2) is 0 Å². The Morgan fingerprint density at radius 1 is 1.33 bits per heavy atom. The van der Waals surface area contributed by atoms with Gasteiger partial charge < -0.3 is 10.2 Å². The monoisotopic (exact) mass is 392 g/mol. The Labute approximate surface area is 151 Å². The van der Waals surface area contributed by atoms with Crippen molar-refractivity contribution in [2.75, 3.05) is 13.2 Å². The van der Waals surface area contributed by atoms with Crippen molar-refractivity contribution in [3.05, 3.63) is 34.4 Å². The summed E-state index contributed by atoms with van der Waals surface area (Å²) in [6.45, 7) is 3.24. The van der Waals surface area contributed by atoms with E-state index in [-0.39, 0.29) is 5.91 Å². The minimum Gasteiger partial charge on any atom is -0.414 e. The number of carbonyl (C=O) groups excluding carboxylic acids is 1. The smallest absolute Gasteiger partial charge is 0.253 e. The van der Waals surface area contributed by atoms with Gasteiger partial charge in [-0.1, -0.05) is 54.1 Å². The van der Waals surface area contributed by atoms with Crippen LogP contribution in [0.3, 0.4) is 0 Å². The molecule has 2 aromatic rings. The molecule has 0 atom stereocenters. The van der Waals surface area contributed by atoms with Gasteiger partial charge in [0.2, 0.25) is 0 Å². The van der Waals surface area contributed by atoms with Gasteiger partial charge >= 0.3 is 0 Å². The van der Waals surface area contributed by atoms with Gasteiger partial charge in [0.1, 0.15) is 6.61 Å². The van der Waals surface area contributed by atoms with Crippen LogP contribution in [0, 0.1) is 5.92 Å². The summed E-state index contributed by atoms with van der Waals surface area (Å²) >= 11 is 3.56. The minimum absolute atomic E-state index is 0.0267. The maximum atomic E-state index is 12.7. The average molecular weight is 393 g/mol. The number of aromatic nitrogens is 1. The maximum Gasteiger partial charge on any atom is 0.253 e. The van der Waals surface area contributed by atoms with Crippen LogP contribution in [0.5, 0.6) is 0 Å².